The summed E-state index contributed by atoms with van der Waals surface area (Å²) in [6.45, 7) is 8.45. The van der Waals surface area contributed by atoms with Crippen LogP contribution in [0, 0.1) is 0 Å². The average molecular weight is 302 g/mol. The fraction of sp³-hybridized carbons (Fsp3) is 0.545. The molecule has 18 heavy (non-hydrogen) atoms. The molecule has 0 aromatic heterocycles. The first-order valence-corrected chi connectivity index (χ1v) is 6.80. The SMILES string of the molecule is C=CCS(=O)(=O)[O-].C=COC(=O)CCCCC.[K+]. The fourth-order valence-corrected chi connectivity index (χ4v) is 1.10. The minimum atomic E-state index is -4.04. The van der Waals surface area contributed by atoms with Crippen LogP contribution in [0.3, 0.4) is 0 Å². The van der Waals surface area contributed by atoms with Crippen molar-refractivity contribution in [1.29, 1.82) is 0 Å². The smallest absolute Gasteiger partial charge is 0.748 e. The second-order valence-electron chi connectivity index (χ2n) is 3.13. The normalized spacial score (nSPS) is 9.22. The molecule has 0 aromatic carbocycles. The molecule has 0 radical (unpaired) electrons. The number of unbranched alkanes of at least 4 members (excludes halogenated alkanes) is 2. The Bertz CT molecular complexity index is 324. The van der Waals surface area contributed by atoms with Crippen molar-refractivity contribution >= 4 is 16.1 Å². The van der Waals surface area contributed by atoms with Gasteiger partial charge in [0.1, 0.15) is 0 Å². The van der Waals surface area contributed by atoms with E-state index < -0.39 is 15.9 Å². The van der Waals surface area contributed by atoms with Crippen LogP contribution in [-0.4, -0.2) is 24.7 Å². The van der Waals surface area contributed by atoms with Gasteiger partial charge in [0.15, 0.2) is 0 Å². The second kappa shape index (κ2) is 15.6. The molecule has 0 amide bonds. The topological polar surface area (TPSA) is 83.5 Å². The summed E-state index contributed by atoms with van der Waals surface area (Å²) in [4.78, 5) is 10.6. The number of rotatable bonds is 7. The summed E-state index contributed by atoms with van der Waals surface area (Å²) in [6, 6.07) is 0. The van der Waals surface area contributed by atoms with E-state index in [9.17, 15) is 17.8 Å². The molecular weight excluding hydrogens is 283 g/mol. The van der Waals surface area contributed by atoms with Gasteiger partial charge in [0.2, 0.25) is 0 Å². The molecule has 0 bridgehead atoms. The van der Waals surface area contributed by atoms with E-state index in [1.54, 1.807) is 0 Å². The summed E-state index contributed by atoms with van der Waals surface area (Å²) in [5, 5.41) is 0. The van der Waals surface area contributed by atoms with Gasteiger partial charge in [0.25, 0.3) is 0 Å². The van der Waals surface area contributed by atoms with Crippen molar-refractivity contribution in [3.63, 3.8) is 0 Å². The third kappa shape index (κ3) is 25.4. The van der Waals surface area contributed by atoms with Crippen LogP contribution in [0.1, 0.15) is 32.6 Å². The minimum absolute atomic E-state index is 0. The largest absolute Gasteiger partial charge is 1.00 e. The summed E-state index contributed by atoms with van der Waals surface area (Å²) >= 11 is 0. The zero-order valence-electron chi connectivity index (χ0n) is 11.1. The van der Waals surface area contributed by atoms with E-state index in [1.165, 1.54) is 6.26 Å². The molecule has 0 N–H and O–H groups in total. The Morgan fingerprint density at radius 2 is 1.89 bits per heavy atom. The van der Waals surface area contributed by atoms with Crippen molar-refractivity contribution in [2.45, 2.75) is 32.6 Å². The Kier molecular flexibility index (Phi) is 20.4. The van der Waals surface area contributed by atoms with E-state index >= 15 is 0 Å². The molecule has 0 aliphatic rings. The van der Waals surface area contributed by atoms with E-state index in [-0.39, 0.29) is 57.4 Å². The number of ether oxygens (including phenoxy) is 1. The number of hydrogen-bond acceptors (Lipinski definition) is 5. The Hall–Kier alpha value is 0.496. The predicted octanol–water partition coefficient (Wildman–Crippen LogP) is -1.02. The molecule has 5 nitrogen and oxygen atoms in total. The summed E-state index contributed by atoms with van der Waals surface area (Å²) in [7, 11) is -4.04. The maximum absolute atomic E-state index is 10.6. The first-order valence-electron chi connectivity index (χ1n) is 5.22. The monoisotopic (exact) mass is 302 g/mol. The molecule has 0 aromatic rings. The molecule has 0 saturated carbocycles. The maximum Gasteiger partial charge on any atom is 1.00 e. The van der Waals surface area contributed by atoms with Gasteiger partial charge in [-0.25, -0.2) is 8.42 Å². The van der Waals surface area contributed by atoms with Crippen LogP contribution in [0.5, 0.6) is 0 Å². The maximum atomic E-state index is 10.6. The third-order valence-electron chi connectivity index (χ3n) is 1.52. The molecular formula is C11H19KO5S. The molecule has 7 heteroatoms. The van der Waals surface area contributed by atoms with Gasteiger partial charge >= 0.3 is 57.4 Å². The number of hydrogen-bond donors (Lipinski definition) is 0. The van der Waals surface area contributed by atoms with E-state index in [0.29, 0.717) is 6.42 Å². The van der Waals surface area contributed by atoms with Crippen LogP contribution in [0.15, 0.2) is 25.5 Å². The van der Waals surface area contributed by atoms with Gasteiger partial charge in [-0.1, -0.05) is 32.4 Å². The van der Waals surface area contributed by atoms with Gasteiger partial charge in [0, 0.05) is 6.42 Å². The molecule has 0 saturated heterocycles. The average Bonchev–Trinajstić information content (AvgIpc) is 2.17. The van der Waals surface area contributed by atoms with Crippen molar-refractivity contribution in [1.82, 2.24) is 0 Å². The molecule has 0 unspecified atom stereocenters. The van der Waals surface area contributed by atoms with Gasteiger partial charge in [-0.15, -0.1) is 6.58 Å². The first-order chi connectivity index (χ1) is 7.87. The van der Waals surface area contributed by atoms with E-state index in [2.05, 4.69) is 24.8 Å². The number of esters is 1. The molecule has 0 aliphatic heterocycles. The molecule has 0 atom stereocenters. The quantitative estimate of drug-likeness (QED) is 0.150. The Morgan fingerprint density at radius 3 is 2.17 bits per heavy atom. The molecule has 0 aliphatic carbocycles. The van der Waals surface area contributed by atoms with Crippen molar-refractivity contribution in [2.24, 2.45) is 0 Å². The van der Waals surface area contributed by atoms with Crippen LogP contribution >= 0.6 is 0 Å². The van der Waals surface area contributed by atoms with Crippen molar-refractivity contribution in [2.75, 3.05) is 5.75 Å². The van der Waals surface area contributed by atoms with Crippen LogP contribution in [0.4, 0.5) is 0 Å². The van der Waals surface area contributed by atoms with Crippen LogP contribution in [0.25, 0.3) is 0 Å². The zero-order chi connectivity index (χ0) is 13.7. The predicted molar refractivity (Wildman–Crippen MR) is 65.2 cm³/mol. The Balaban J connectivity index is -0.000000251. The summed E-state index contributed by atoms with van der Waals surface area (Å²) < 4.78 is 33.3. The van der Waals surface area contributed by atoms with Crippen LogP contribution < -0.4 is 51.4 Å². The van der Waals surface area contributed by atoms with Gasteiger partial charge in [-0.2, -0.15) is 0 Å². The summed E-state index contributed by atoms with van der Waals surface area (Å²) in [5.74, 6) is -0.657. The summed E-state index contributed by atoms with van der Waals surface area (Å²) in [5.41, 5.74) is 0. The number of carbonyl (C=O) groups excluding carboxylic acids is 1. The Morgan fingerprint density at radius 1 is 1.33 bits per heavy atom. The minimum Gasteiger partial charge on any atom is -0.748 e. The molecule has 0 fully saturated rings. The molecule has 0 rings (SSSR count). The van der Waals surface area contributed by atoms with Gasteiger partial charge in [-0.05, 0) is 6.42 Å². The van der Waals surface area contributed by atoms with Gasteiger partial charge in [0.05, 0.1) is 22.1 Å². The van der Waals surface area contributed by atoms with Gasteiger partial charge in [-0.3, -0.25) is 4.79 Å². The van der Waals surface area contributed by atoms with E-state index in [0.717, 1.165) is 25.3 Å². The van der Waals surface area contributed by atoms with E-state index in [1.807, 2.05) is 0 Å². The summed E-state index contributed by atoms with van der Waals surface area (Å²) in [6.07, 6.45) is 5.88. The van der Waals surface area contributed by atoms with Crippen molar-refractivity contribution in [3.05, 3.63) is 25.5 Å². The third-order valence-corrected chi connectivity index (χ3v) is 2.17. The molecule has 0 heterocycles. The zero-order valence-corrected chi connectivity index (χ0v) is 15.0. The number of carbonyl (C=O) groups is 1. The van der Waals surface area contributed by atoms with E-state index in [4.69, 9.17) is 0 Å². The van der Waals surface area contributed by atoms with Gasteiger partial charge < -0.3 is 9.29 Å². The molecule has 0 spiro atoms. The first kappa shape index (κ1) is 23.6. The molecule has 100 valence electrons. The van der Waals surface area contributed by atoms with Crippen LogP contribution in [-0.2, 0) is 19.6 Å². The van der Waals surface area contributed by atoms with Crippen LogP contribution in [0.2, 0.25) is 0 Å². The van der Waals surface area contributed by atoms with Crippen molar-refractivity contribution < 1.29 is 73.9 Å². The Labute approximate surface area is 152 Å². The van der Waals surface area contributed by atoms with Crippen molar-refractivity contribution in [3.8, 4) is 0 Å². The fourth-order valence-electron chi connectivity index (χ4n) is 0.816. The standard InChI is InChI=1S/C8H14O2.C3H6O3S.K/c1-3-5-6-7-8(9)10-4-2;1-2-3-7(4,5)6;/h4H,2-3,5-7H2,1H3;2H,1,3H2,(H,4,5,6);/q;;+1/p-1. The second-order valence-corrected chi connectivity index (χ2v) is 4.58.